The van der Waals surface area contributed by atoms with Crippen molar-refractivity contribution >= 4 is 11.6 Å². The van der Waals surface area contributed by atoms with Crippen LogP contribution in [-0.2, 0) is 6.54 Å². The van der Waals surface area contributed by atoms with Crippen molar-refractivity contribution in [3.63, 3.8) is 0 Å². The molecule has 2 aromatic rings. The minimum atomic E-state index is -0.139. The van der Waals surface area contributed by atoms with Crippen molar-refractivity contribution in [2.75, 3.05) is 12.8 Å². The van der Waals surface area contributed by atoms with Crippen LogP contribution in [0.1, 0.15) is 27.6 Å². The van der Waals surface area contributed by atoms with Gasteiger partial charge < -0.3 is 10.6 Å². The van der Waals surface area contributed by atoms with Crippen molar-refractivity contribution in [2.45, 2.75) is 20.4 Å². The Morgan fingerprint density at radius 3 is 2.74 bits per heavy atom. The molecular formula is C13H17N5O. The van der Waals surface area contributed by atoms with E-state index in [9.17, 15) is 4.79 Å². The van der Waals surface area contributed by atoms with Crippen LogP contribution in [0.3, 0.4) is 0 Å². The molecule has 0 aliphatic heterocycles. The predicted octanol–water partition coefficient (Wildman–Crippen LogP) is 1.28. The summed E-state index contributed by atoms with van der Waals surface area (Å²) in [7, 11) is 1.70. The van der Waals surface area contributed by atoms with Gasteiger partial charge in [0.1, 0.15) is 5.82 Å². The highest BCUT2D eigenvalue weighted by Crippen LogP contribution is 2.16. The van der Waals surface area contributed by atoms with Gasteiger partial charge in [-0.1, -0.05) is 6.07 Å². The lowest BCUT2D eigenvalue weighted by molar-refractivity contribution is 0.0782. The Morgan fingerprint density at radius 1 is 1.42 bits per heavy atom. The zero-order chi connectivity index (χ0) is 14.0. The maximum Gasteiger partial charge on any atom is 0.256 e. The van der Waals surface area contributed by atoms with E-state index in [4.69, 9.17) is 5.73 Å². The molecule has 6 heteroatoms. The van der Waals surface area contributed by atoms with E-state index < -0.39 is 0 Å². The number of hydrogen-bond donors (Lipinski definition) is 2. The van der Waals surface area contributed by atoms with Gasteiger partial charge in [0.2, 0.25) is 0 Å². The molecule has 0 bridgehead atoms. The average molecular weight is 259 g/mol. The van der Waals surface area contributed by atoms with Crippen LogP contribution in [0, 0.1) is 13.8 Å². The largest absolute Gasteiger partial charge is 0.398 e. The molecule has 1 heterocycles. The summed E-state index contributed by atoms with van der Waals surface area (Å²) in [6.45, 7) is 4.09. The smallest absolute Gasteiger partial charge is 0.256 e. The summed E-state index contributed by atoms with van der Waals surface area (Å²) in [5, 5.41) is 6.75. The fraction of sp³-hybridized carbons (Fsp3) is 0.308. The van der Waals surface area contributed by atoms with E-state index in [1.54, 1.807) is 24.1 Å². The number of hydrogen-bond acceptors (Lipinski definition) is 4. The minimum absolute atomic E-state index is 0.139. The first-order chi connectivity index (χ1) is 8.97. The molecule has 100 valence electrons. The SMILES string of the molecule is Cc1ccc(C(=O)N(C)Cc2n[nH]c(C)n2)c(N)c1. The van der Waals surface area contributed by atoms with Crippen molar-refractivity contribution in [1.82, 2.24) is 20.1 Å². The Bertz CT molecular complexity index is 605. The second kappa shape index (κ2) is 5.09. The standard InChI is InChI=1S/C13H17N5O/c1-8-4-5-10(11(14)6-8)13(19)18(3)7-12-15-9(2)16-17-12/h4-6H,7,14H2,1-3H3,(H,15,16,17). The van der Waals surface area contributed by atoms with Crippen molar-refractivity contribution in [2.24, 2.45) is 0 Å². The third-order valence-electron chi connectivity index (χ3n) is 2.81. The van der Waals surface area contributed by atoms with Crippen molar-refractivity contribution in [3.05, 3.63) is 41.0 Å². The lowest BCUT2D eigenvalue weighted by atomic mass is 10.1. The van der Waals surface area contributed by atoms with Crippen molar-refractivity contribution in [3.8, 4) is 0 Å². The van der Waals surface area contributed by atoms with E-state index in [2.05, 4.69) is 15.2 Å². The van der Waals surface area contributed by atoms with Gasteiger partial charge >= 0.3 is 0 Å². The summed E-state index contributed by atoms with van der Waals surface area (Å²) in [5.41, 5.74) is 7.89. The van der Waals surface area contributed by atoms with Gasteiger partial charge in [-0.15, -0.1) is 0 Å². The summed E-state index contributed by atoms with van der Waals surface area (Å²) in [6, 6.07) is 5.40. The number of anilines is 1. The number of carbonyl (C=O) groups is 1. The van der Waals surface area contributed by atoms with Gasteiger partial charge in [-0.05, 0) is 31.5 Å². The highest BCUT2D eigenvalue weighted by atomic mass is 16.2. The van der Waals surface area contributed by atoms with Crippen molar-refractivity contribution < 1.29 is 4.79 Å². The molecule has 0 unspecified atom stereocenters. The highest BCUT2D eigenvalue weighted by molar-refractivity contribution is 5.99. The van der Waals surface area contributed by atoms with Gasteiger partial charge in [0.05, 0.1) is 12.1 Å². The third-order valence-corrected chi connectivity index (χ3v) is 2.81. The quantitative estimate of drug-likeness (QED) is 0.813. The van der Waals surface area contributed by atoms with E-state index in [-0.39, 0.29) is 5.91 Å². The van der Waals surface area contributed by atoms with E-state index in [0.717, 1.165) is 11.4 Å². The number of carbonyl (C=O) groups excluding carboxylic acids is 1. The number of nitrogens with two attached hydrogens (primary N) is 1. The number of nitrogen functional groups attached to an aromatic ring is 1. The number of nitrogens with one attached hydrogen (secondary N) is 1. The van der Waals surface area contributed by atoms with Crippen LogP contribution in [0.15, 0.2) is 18.2 Å². The first-order valence-electron chi connectivity index (χ1n) is 5.97. The van der Waals surface area contributed by atoms with Gasteiger partial charge in [0.15, 0.2) is 5.82 Å². The normalized spacial score (nSPS) is 10.5. The number of benzene rings is 1. The van der Waals surface area contributed by atoms with E-state index >= 15 is 0 Å². The Balaban J connectivity index is 2.14. The molecular weight excluding hydrogens is 242 g/mol. The van der Waals surface area contributed by atoms with Gasteiger partial charge in [-0.25, -0.2) is 4.98 Å². The van der Waals surface area contributed by atoms with Crippen LogP contribution in [0.4, 0.5) is 5.69 Å². The monoisotopic (exact) mass is 259 g/mol. The summed E-state index contributed by atoms with van der Waals surface area (Å²) < 4.78 is 0. The minimum Gasteiger partial charge on any atom is -0.398 e. The number of aromatic amines is 1. The van der Waals surface area contributed by atoms with Gasteiger partial charge in [-0.3, -0.25) is 9.89 Å². The molecule has 1 aromatic heterocycles. The molecule has 0 saturated heterocycles. The predicted molar refractivity (Wildman–Crippen MR) is 72.5 cm³/mol. The fourth-order valence-corrected chi connectivity index (χ4v) is 1.83. The first kappa shape index (κ1) is 13.1. The molecule has 0 aliphatic rings. The topological polar surface area (TPSA) is 87.9 Å². The number of rotatable bonds is 3. The molecule has 6 nitrogen and oxygen atoms in total. The van der Waals surface area contributed by atoms with E-state index in [1.165, 1.54) is 0 Å². The molecule has 1 amide bonds. The maximum atomic E-state index is 12.3. The Kier molecular flexibility index (Phi) is 3.50. The molecule has 0 spiro atoms. The van der Waals surface area contributed by atoms with Crippen molar-refractivity contribution in [1.29, 1.82) is 0 Å². The molecule has 2 rings (SSSR count). The molecule has 0 radical (unpaired) electrons. The number of aromatic nitrogens is 3. The Morgan fingerprint density at radius 2 is 2.16 bits per heavy atom. The Hall–Kier alpha value is -2.37. The van der Waals surface area contributed by atoms with Crippen LogP contribution in [-0.4, -0.2) is 33.0 Å². The summed E-state index contributed by atoms with van der Waals surface area (Å²) in [6.07, 6.45) is 0. The van der Waals surface area contributed by atoms with Crippen LogP contribution in [0.5, 0.6) is 0 Å². The van der Waals surface area contributed by atoms with E-state index in [1.807, 2.05) is 19.9 Å². The van der Waals surface area contributed by atoms with Gasteiger partial charge in [-0.2, -0.15) is 5.10 Å². The molecule has 0 fully saturated rings. The average Bonchev–Trinajstić information content (AvgIpc) is 2.74. The van der Waals surface area contributed by atoms with E-state index in [0.29, 0.717) is 23.6 Å². The second-order valence-corrected chi connectivity index (χ2v) is 4.59. The third kappa shape index (κ3) is 2.90. The Labute approximate surface area is 111 Å². The lowest BCUT2D eigenvalue weighted by Crippen LogP contribution is -2.27. The van der Waals surface area contributed by atoms with Crippen LogP contribution < -0.4 is 5.73 Å². The first-order valence-corrected chi connectivity index (χ1v) is 5.97. The fourth-order valence-electron chi connectivity index (χ4n) is 1.83. The lowest BCUT2D eigenvalue weighted by Gasteiger charge is -2.16. The summed E-state index contributed by atoms with van der Waals surface area (Å²) in [4.78, 5) is 18.0. The molecule has 3 N–H and O–H groups in total. The molecule has 19 heavy (non-hydrogen) atoms. The van der Waals surface area contributed by atoms with Crippen LogP contribution >= 0.6 is 0 Å². The zero-order valence-electron chi connectivity index (χ0n) is 11.3. The molecule has 1 aromatic carbocycles. The number of nitrogens with zero attached hydrogens (tertiary/aromatic N) is 3. The molecule has 0 atom stereocenters. The highest BCUT2D eigenvalue weighted by Gasteiger charge is 2.16. The van der Waals surface area contributed by atoms with Gasteiger partial charge in [0, 0.05) is 12.7 Å². The molecule has 0 saturated carbocycles. The number of amides is 1. The number of aryl methyl sites for hydroxylation is 2. The van der Waals surface area contributed by atoms with Crippen LogP contribution in [0.25, 0.3) is 0 Å². The zero-order valence-corrected chi connectivity index (χ0v) is 11.3. The maximum absolute atomic E-state index is 12.3. The second-order valence-electron chi connectivity index (χ2n) is 4.59. The molecule has 0 aliphatic carbocycles. The summed E-state index contributed by atoms with van der Waals surface area (Å²) in [5.74, 6) is 1.17. The van der Waals surface area contributed by atoms with Crippen LogP contribution in [0.2, 0.25) is 0 Å². The summed E-state index contributed by atoms with van der Waals surface area (Å²) >= 11 is 0. The number of H-pyrrole nitrogens is 1. The van der Waals surface area contributed by atoms with Gasteiger partial charge in [0.25, 0.3) is 5.91 Å².